The van der Waals surface area contributed by atoms with Crippen molar-refractivity contribution in [2.24, 2.45) is 0 Å². The fourth-order valence-corrected chi connectivity index (χ4v) is 1.89. The number of carbonyl (C=O) groups is 2. The average Bonchev–Trinajstić information content (AvgIpc) is 2.59. The molecule has 0 radical (unpaired) electrons. The van der Waals surface area contributed by atoms with Crippen LogP contribution in [0, 0.1) is 0 Å². The summed E-state index contributed by atoms with van der Waals surface area (Å²) >= 11 is 0. The molecule has 2 aromatic carbocycles. The maximum Gasteiger partial charge on any atom is 0.251 e. The number of hydrogen-bond donors (Lipinski definition) is 2. The molecule has 5 nitrogen and oxygen atoms in total. The van der Waals surface area contributed by atoms with Gasteiger partial charge in [0, 0.05) is 24.2 Å². The van der Waals surface area contributed by atoms with Crippen molar-refractivity contribution >= 4 is 11.8 Å². The minimum Gasteiger partial charge on any atom is -0.497 e. The minimum absolute atomic E-state index is 0.153. The molecule has 0 saturated heterocycles. The number of rotatable bonds is 6. The first-order valence-corrected chi connectivity index (χ1v) is 6.96. The number of carbonyl (C=O) groups excluding carboxylic acids is 2. The summed E-state index contributed by atoms with van der Waals surface area (Å²) < 4.78 is 5.04. The molecule has 22 heavy (non-hydrogen) atoms. The van der Waals surface area contributed by atoms with E-state index in [-0.39, 0.29) is 11.8 Å². The van der Waals surface area contributed by atoms with Crippen LogP contribution in [0.25, 0.3) is 0 Å². The van der Waals surface area contributed by atoms with Gasteiger partial charge >= 0.3 is 0 Å². The van der Waals surface area contributed by atoms with Crippen molar-refractivity contribution in [2.75, 3.05) is 20.2 Å². The van der Waals surface area contributed by atoms with Crippen molar-refractivity contribution < 1.29 is 14.3 Å². The molecule has 0 atom stereocenters. The molecule has 2 N–H and O–H groups in total. The van der Waals surface area contributed by atoms with Crippen molar-refractivity contribution in [1.82, 2.24) is 10.6 Å². The molecule has 2 aromatic rings. The zero-order valence-electron chi connectivity index (χ0n) is 12.3. The second-order valence-electron chi connectivity index (χ2n) is 4.61. The average molecular weight is 298 g/mol. The van der Waals surface area contributed by atoms with E-state index >= 15 is 0 Å². The molecule has 2 rings (SSSR count). The van der Waals surface area contributed by atoms with Gasteiger partial charge in [0.15, 0.2) is 0 Å². The summed E-state index contributed by atoms with van der Waals surface area (Å²) in [5.41, 5.74) is 1.15. The number of amides is 2. The third-order valence-corrected chi connectivity index (χ3v) is 3.08. The maximum absolute atomic E-state index is 11.9. The third-order valence-electron chi connectivity index (χ3n) is 3.08. The van der Waals surface area contributed by atoms with E-state index in [1.54, 1.807) is 55.6 Å². The first-order valence-electron chi connectivity index (χ1n) is 6.96. The highest BCUT2D eigenvalue weighted by molar-refractivity contribution is 5.95. The molecular weight excluding hydrogens is 280 g/mol. The van der Waals surface area contributed by atoms with Crippen LogP contribution in [-0.2, 0) is 0 Å². The molecule has 0 spiro atoms. The lowest BCUT2D eigenvalue weighted by atomic mass is 10.2. The molecule has 0 aliphatic rings. The minimum atomic E-state index is -0.184. The van der Waals surface area contributed by atoms with Crippen molar-refractivity contribution in [3.8, 4) is 5.75 Å². The Kier molecular flexibility index (Phi) is 5.54. The van der Waals surface area contributed by atoms with E-state index in [1.165, 1.54) is 0 Å². The van der Waals surface area contributed by atoms with Crippen LogP contribution in [0.5, 0.6) is 5.75 Å². The highest BCUT2D eigenvalue weighted by atomic mass is 16.5. The molecule has 0 heterocycles. The molecule has 0 bridgehead atoms. The maximum atomic E-state index is 11.9. The molecule has 0 aliphatic carbocycles. The van der Waals surface area contributed by atoms with E-state index in [4.69, 9.17) is 4.74 Å². The molecule has 0 saturated carbocycles. The van der Waals surface area contributed by atoms with E-state index in [9.17, 15) is 9.59 Å². The Balaban J connectivity index is 1.74. The number of ether oxygens (including phenoxy) is 1. The Morgan fingerprint density at radius 1 is 0.818 bits per heavy atom. The van der Waals surface area contributed by atoms with Gasteiger partial charge < -0.3 is 15.4 Å². The molecule has 0 unspecified atom stereocenters. The Morgan fingerprint density at radius 2 is 1.32 bits per heavy atom. The lowest BCUT2D eigenvalue weighted by molar-refractivity contribution is 0.0927. The van der Waals surface area contributed by atoms with Gasteiger partial charge in [-0.15, -0.1) is 0 Å². The Labute approximate surface area is 129 Å². The summed E-state index contributed by atoms with van der Waals surface area (Å²) in [6.07, 6.45) is 0. The van der Waals surface area contributed by atoms with Crippen molar-refractivity contribution in [2.45, 2.75) is 0 Å². The largest absolute Gasteiger partial charge is 0.497 e. The Morgan fingerprint density at radius 3 is 1.82 bits per heavy atom. The lowest BCUT2D eigenvalue weighted by Gasteiger charge is -2.07. The van der Waals surface area contributed by atoms with Crippen molar-refractivity contribution in [3.63, 3.8) is 0 Å². The van der Waals surface area contributed by atoms with Crippen molar-refractivity contribution in [1.29, 1.82) is 0 Å². The van der Waals surface area contributed by atoms with Gasteiger partial charge in [0.1, 0.15) is 5.75 Å². The van der Waals surface area contributed by atoms with Crippen LogP contribution in [0.2, 0.25) is 0 Å². The zero-order valence-corrected chi connectivity index (χ0v) is 12.3. The number of methoxy groups -OCH3 is 1. The van der Waals surface area contributed by atoms with E-state index in [0.717, 1.165) is 0 Å². The Bertz CT molecular complexity index is 624. The van der Waals surface area contributed by atoms with Crippen LogP contribution in [0.4, 0.5) is 0 Å². The van der Waals surface area contributed by atoms with Gasteiger partial charge in [-0.3, -0.25) is 9.59 Å². The van der Waals surface area contributed by atoms with Crippen LogP contribution in [0.3, 0.4) is 0 Å². The highest BCUT2D eigenvalue weighted by Gasteiger charge is 2.06. The quantitative estimate of drug-likeness (QED) is 0.800. The fourth-order valence-electron chi connectivity index (χ4n) is 1.89. The van der Waals surface area contributed by atoms with E-state index < -0.39 is 0 Å². The van der Waals surface area contributed by atoms with E-state index in [1.807, 2.05) is 6.07 Å². The lowest BCUT2D eigenvalue weighted by Crippen LogP contribution is -2.34. The van der Waals surface area contributed by atoms with E-state index in [0.29, 0.717) is 30.0 Å². The monoisotopic (exact) mass is 298 g/mol. The van der Waals surface area contributed by atoms with Gasteiger partial charge in [0.25, 0.3) is 11.8 Å². The van der Waals surface area contributed by atoms with Crippen molar-refractivity contribution in [3.05, 3.63) is 65.7 Å². The summed E-state index contributed by atoms with van der Waals surface area (Å²) in [6.45, 7) is 0.735. The zero-order chi connectivity index (χ0) is 15.8. The van der Waals surface area contributed by atoms with Crippen LogP contribution in [0.1, 0.15) is 20.7 Å². The molecule has 0 fully saturated rings. The SMILES string of the molecule is COc1ccc(C(=O)NCCNC(=O)c2ccccc2)cc1. The second kappa shape index (κ2) is 7.83. The number of benzene rings is 2. The molecule has 0 aromatic heterocycles. The van der Waals surface area contributed by atoms with Gasteiger partial charge in [0.05, 0.1) is 7.11 Å². The summed E-state index contributed by atoms with van der Waals surface area (Å²) in [5.74, 6) is 0.364. The number of hydrogen-bond acceptors (Lipinski definition) is 3. The first kappa shape index (κ1) is 15.6. The molecule has 0 aliphatic heterocycles. The van der Waals surface area contributed by atoms with Crippen LogP contribution in [0.15, 0.2) is 54.6 Å². The van der Waals surface area contributed by atoms with Gasteiger partial charge in [0.2, 0.25) is 0 Å². The summed E-state index contributed by atoms with van der Waals surface area (Å²) in [4.78, 5) is 23.7. The standard InChI is InChI=1S/C17H18N2O3/c1-22-15-9-7-14(8-10-15)17(21)19-12-11-18-16(20)13-5-3-2-4-6-13/h2-10H,11-12H2,1H3,(H,18,20)(H,19,21). The smallest absolute Gasteiger partial charge is 0.251 e. The summed E-state index contributed by atoms with van der Waals surface area (Å²) in [6, 6.07) is 15.8. The summed E-state index contributed by atoms with van der Waals surface area (Å²) in [7, 11) is 1.57. The predicted octanol–water partition coefficient (Wildman–Crippen LogP) is 1.85. The Hall–Kier alpha value is -2.82. The third kappa shape index (κ3) is 4.34. The fraction of sp³-hybridized carbons (Fsp3) is 0.176. The number of nitrogens with one attached hydrogen (secondary N) is 2. The molecule has 114 valence electrons. The molecule has 2 amide bonds. The highest BCUT2D eigenvalue weighted by Crippen LogP contribution is 2.10. The van der Waals surface area contributed by atoms with Crippen LogP contribution in [-0.4, -0.2) is 32.0 Å². The summed E-state index contributed by atoms with van der Waals surface area (Å²) in [5, 5.41) is 5.50. The van der Waals surface area contributed by atoms with Gasteiger partial charge in [-0.2, -0.15) is 0 Å². The molecule has 5 heteroatoms. The van der Waals surface area contributed by atoms with Gasteiger partial charge in [-0.05, 0) is 36.4 Å². The van der Waals surface area contributed by atoms with Crippen LogP contribution < -0.4 is 15.4 Å². The van der Waals surface area contributed by atoms with Crippen LogP contribution >= 0.6 is 0 Å². The van der Waals surface area contributed by atoms with Gasteiger partial charge in [-0.25, -0.2) is 0 Å². The second-order valence-corrected chi connectivity index (χ2v) is 4.61. The first-order chi connectivity index (χ1) is 10.7. The molecular formula is C17H18N2O3. The topological polar surface area (TPSA) is 67.4 Å². The predicted molar refractivity (Wildman–Crippen MR) is 84.1 cm³/mol. The normalized spacial score (nSPS) is 9.86. The van der Waals surface area contributed by atoms with Gasteiger partial charge in [-0.1, -0.05) is 18.2 Å². The van der Waals surface area contributed by atoms with E-state index in [2.05, 4.69) is 10.6 Å².